The maximum Gasteiger partial charge on any atom is 0.132 e. The lowest BCUT2D eigenvalue weighted by Crippen LogP contribution is -2.44. The summed E-state index contributed by atoms with van der Waals surface area (Å²) in [4.78, 5) is 1.04. The molecule has 5 atom stereocenters. The van der Waals surface area contributed by atoms with Crippen LogP contribution in [0, 0.1) is 26.2 Å². The van der Waals surface area contributed by atoms with Crippen molar-refractivity contribution in [1.82, 2.24) is 0 Å². The van der Waals surface area contributed by atoms with E-state index in [0.717, 1.165) is 26.4 Å². The van der Waals surface area contributed by atoms with Gasteiger partial charge in [-0.1, -0.05) is 125 Å². The maximum absolute atomic E-state index is 10.9. The second kappa shape index (κ2) is 12.3. The highest BCUT2D eigenvalue weighted by atomic mass is 127. The van der Waals surface area contributed by atoms with Gasteiger partial charge in [-0.3, -0.25) is 0 Å². The Kier molecular flexibility index (Phi) is 11.1. The highest BCUT2D eigenvalue weighted by Gasteiger charge is 2.47. The Labute approximate surface area is 266 Å². The van der Waals surface area contributed by atoms with Gasteiger partial charge in [-0.05, 0) is 116 Å². The van der Waals surface area contributed by atoms with E-state index in [1.54, 1.807) is 5.57 Å². The molecule has 2 aliphatic rings. The summed E-state index contributed by atoms with van der Waals surface area (Å²) in [6.45, 7) is 7.38. The van der Waals surface area contributed by atoms with Crippen LogP contribution in [0.3, 0.4) is 0 Å². The molecule has 1 N–H and O–H groups in total. The molecule has 33 heavy (non-hydrogen) atoms. The van der Waals surface area contributed by atoms with Crippen molar-refractivity contribution in [3.05, 3.63) is 45.1 Å². The van der Waals surface area contributed by atoms with E-state index in [0.29, 0.717) is 27.2 Å². The van der Waals surface area contributed by atoms with Gasteiger partial charge >= 0.3 is 0 Å². The molecule has 0 amide bonds. The molecule has 1 aromatic carbocycles. The third kappa shape index (κ3) is 6.41. The smallest absolute Gasteiger partial charge is 0.132 e. The van der Waals surface area contributed by atoms with Crippen molar-refractivity contribution >= 4 is 116 Å². The first-order chi connectivity index (χ1) is 15.4. The lowest BCUT2D eigenvalue weighted by molar-refractivity contribution is 0.118. The molecular weight excluding hydrogens is 949 g/mol. The van der Waals surface area contributed by atoms with Crippen LogP contribution in [0.5, 0.6) is 5.75 Å². The molecule has 2 aliphatic carbocycles. The fourth-order valence-electron chi connectivity index (χ4n) is 5.94. The van der Waals surface area contributed by atoms with E-state index in [9.17, 15) is 5.11 Å². The number of allylic oxidation sites excluding steroid dienone is 2. The van der Waals surface area contributed by atoms with Crippen molar-refractivity contribution in [1.29, 1.82) is 0 Å². The van der Waals surface area contributed by atoms with Crippen LogP contribution in [0.15, 0.2) is 35.9 Å². The standard InChI is InChI=1S/C26H32Br3I3O/c1-25(2)19(15(13-30)4-6-22(25)28)8-9-26(3)20(16(14-31)5-7-23(26)29)11-17-10-18(27)12-21(32)24(17)33/h10,12-14,19-20,22-23,33H,4-9,11H2,1-3H3. The van der Waals surface area contributed by atoms with E-state index in [4.69, 9.17) is 0 Å². The zero-order chi connectivity index (χ0) is 24.6. The van der Waals surface area contributed by atoms with Crippen molar-refractivity contribution < 1.29 is 5.11 Å². The van der Waals surface area contributed by atoms with Crippen molar-refractivity contribution in [3.8, 4) is 5.75 Å². The molecule has 0 spiro atoms. The minimum absolute atomic E-state index is 0.126. The van der Waals surface area contributed by atoms with Gasteiger partial charge in [0.2, 0.25) is 0 Å². The lowest BCUT2D eigenvalue weighted by atomic mass is 9.58. The summed E-state index contributed by atoms with van der Waals surface area (Å²) in [6.07, 6.45) is 7.98. The molecule has 0 heterocycles. The zero-order valence-electron chi connectivity index (χ0n) is 19.3. The van der Waals surface area contributed by atoms with Crippen molar-refractivity contribution in [3.63, 3.8) is 0 Å². The SMILES string of the molecule is CC1(C)C(Br)CCC(=CI)C1CCC1(C)C(Br)CCC(=CI)C1Cc1cc(Br)cc(I)c1O. The van der Waals surface area contributed by atoms with Gasteiger partial charge in [0.25, 0.3) is 0 Å². The highest BCUT2D eigenvalue weighted by molar-refractivity contribution is 14.1. The quantitative estimate of drug-likeness (QED) is 0.230. The monoisotopic (exact) mass is 978 g/mol. The largest absolute Gasteiger partial charge is 0.507 e. The van der Waals surface area contributed by atoms with Crippen molar-refractivity contribution in [2.45, 2.75) is 75.4 Å². The van der Waals surface area contributed by atoms with Crippen LogP contribution >= 0.6 is 116 Å². The number of alkyl halides is 2. The minimum Gasteiger partial charge on any atom is -0.507 e. The first kappa shape index (κ1) is 29.7. The third-order valence-corrected chi connectivity index (χ3v) is 14.3. The molecular formula is C26H32Br3I3O. The second-order valence-electron chi connectivity index (χ2n) is 10.5. The van der Waals surface area contributed by atoms with E-state index < -0.39 is 0 Å². The van der Waals surface area contributed by atoms with Crippen LogP contribution in [0.1, 0.15) is 64.9 Å². The first-order valence-electron chi connectivity index (χ1n) is 11.5. The topological polar surface area (TPSA) is 20.2 Å². The number of aromatic hydroxyl groups is 1. The molecule has 5 unspecified atom stereocenters. The number of benzene rings is 1. The summed E-state index contributed by atoms with van der Waals surface area (Å²) in [5.41, 5.74) is 4.59. The van der Waals surface area contributed by atoms with Gasteiger partial charge in [0.05, 0.1) is 3.57 Å². The molecule has 2 fully saturated rings. The Morgan fingerprint density at radius 3 is 2.18 bits per heavy atom. The lowest BCUT2D eigenvalue weighted by Gasteiger charge is -2.50. The number of hydrogen-bond acceptors (Lipinski definition) is 1. The number of rotatable bonds is 5. The summed E-state index contributed by atoms with van der Waals surface area (Å²) in [5.74, 6) is 1.44. The first-order valence-corrected chi connectivity index (χ1v) is 17.7. The van der Waals surface area contributed by atoms with Crippen molar-refractivity contribution in [2.24, 2.45) is 22.7 Å². The molecule has 0 aromatic heterocycles. The molecule has 7 heteroatoms. The minimum atomic E-state index is 0.126. The number of halogens is 6. The van der Waals surface area contributed by atoms with Gasteiger partial charge in [-0.15, -0.1) is 0 Å². The van der Waals surface area contributed by atoms with Crippen LogP contribution in [-0.4, -0.2) is 14.8 Å². The van der Waals surface area contributed by atoms with Crippen LogP contribution in [0.2, 0.25) is 0 Å². The number of phenolic OH excluding ortho intramolecular Hbond substituents is 1. The van der Waals surface area contributed by atoms with Gasteiger partial charge in [0.15, 0.2) is 0 Å². The Balaban J connectivity index is 1.94. The molecule has 0 radical (unpaired) electrons. The Bertz CT molecular complexity index is 930. The van der Waals surface area contributed by atoms with Gasteiger partial charge in [0.1, 0.15) is 5.75 Å². The summed E-state index contributed by atoms with van der Waals surface area (Å²) >= 11 is 18.9. The van der Waals surface area contributed by atoms with Gasteiger partial charge in [-0.25, -0.2) is 0 Å². The van der Waals surface area contributed by atoms with Gasteiger partial charge in [0, 0.05) is 14.1 Å². The molecule has 0 saturated heterocycles. The summed E-state index contributed by atoms with van der Waals surface area (Å²) in [5, 5.41) is 10.9. The van der Waals surface area contributed by atoms with Crippen LogP contribution in [-0.2, 0) is 6.42 Å². The van der Waals surface area contributed by atoms with Crippen molar-refractivity contribution in [2.75, 3.05) is 0 Å². The molecule has 3 rings (SSSR count). The second-order valence-corrected chi connectivity index (χ2v) is 16.0. The van der Waals surface area contributed by atoms with E-state index in [1.807, 2.05) is 6.07 Å². The maximum atomic E-state index is 10.9. The average molecular weight is 981 g/mol. The summed E-state index contributed by atoms with van der Waals surface area (Å²) in [6, 6.07) is 4.10. The molecule has 0 aliphatic heterocycles. The fourth-order valence-corrected chi connectivity index (χ4v) is 10.4. The van der Waals surface area contributed by atoms with Crippen LogP contribution < -0.4 is 0 Å². The predicted octanol–water partition coefficient (Wildman–Crippen LogP) is 11.1. The normalized spacial score (nSPS) is 34.7. The Morgan fingerprint density at radius 2 is 1.58 bits per heavy atom. The highest BCUT2D eigenvalue weighted by Crippen LogP contribution is 2.56. The van der Waals surface area contributed by atoms with E-state index in [2.05, 4.69) is 151 Å². The molecule has 184 valence electrons. The fraction of sp³-hybridized carbons (Fsp3) is 0.615. The average Bonchev–Trinajstić information content (AvgIpc) is 2.76. The van der Waals surface area contributed by atoms with Gasteiger partial charge < -0.3 is 5.11 Å². The molecule has 1 nitrogen and oxygen atoms in total. The summed E-state index contributed by atoms with van der Waals surface area (Å²) in [7, 11) is 0. The predicted molar refractivity (Wildman–Crippen MR) is 178 cm³/mol. The van der Waals surface area contributed by atoms with E-state index in [1.165, 1.54) is 37.7 Å². The molecule has 1 aromatic rings. The molecule has 2 saturated carbocycles. The zero-order valence-corrected chi connectivity index (χ0v) is 30.5. The third-order valence-electron chi connectivity index (χ3n) is 8.27. The Morgan fingerprint density at radius 1 is 1.00 bits per heavy atom. The van der Waals surface area contributed by atoms with E-state index in [-0.39, 0.29) is 10.8 Å². The number of hydrogen-bond donors (Lipinski definition) is 1. The van der Waals surface area contributed by atoms with E-state index >= 15 is 0 Å². The van der Waals surface area contributed by atoms with Crippen LogP contribution in [0.4, 0.5) is 0 Å². The molecule has 0 bridgehead atoms. The van der Waals surface area contributed by atoms with Crippen LogP contribution in [0.25, 0.3) is 0 Å². The Hall–Kier alpha value is 2.13. The number of phenols is 1. The van der Waals surface area contributed by atoms with Gasteiger partial charge in [-0.2, -0.15) is 0 Å². The summed E-state index contributed by atoms with van der Waals surface area (Å²) < 4.78 is 6.62.